The summed E-state index contributed by atoms with van der Waals surface area (Å²) in [6.45, 7) is 4.33. The maximum Gasteiger partial charge on any atom is 0.337 e. The second-order valence-corrected chi connectivity index (χ2v) is 7.51. The van der Waals surface area contributed by atoms with Crippen LogP contribution < -0.4 is 20.3 Å². The van der Waals surface area contributed by atoms with Gasteiger partial charge in [-0.1, -0.05) is 0 Å². The van der Waals surface area contributed by atoms with Crippen LogP contribution in [-0.2, 0) is 9.47 Å². The van der Waals surface area contributed by atoms with E-state index in [1.807, 2.05) is 0 Å². The van der Waals surface area contributed by atoms with Gasteiger partial charge in [0.1, 0.15) is 0 Å². The summed E-state index contributed by atoms with van der Waals surface area (Å²) in [6, 6.07) is 8.88. The Balaban J connectivity index is 1.80. The van der Waals surface area contributed by atoms with E-state index in [1.165, 1.54) is 19.2 Å². The molecule has 0 radical (unpaired) electrons. The number of ether oxygens (including phenoxy) is 3. The van der Waals surface area contributed by atoms with Crippen LogP contribution in [0.3, 0.4) is 0 Å². The second kappa shape index (κ2) is 11.4. The fraction of sp³-hybridized carbons (Fsp3) is 0.318. The van der Waals surface area contributed by atoms with Gasteiger partial charge in [-0.25, -0.2) is 4.79 Å². The Morgan fingerprint density at radius 1 is 1.18 bits per heavy atom. The van der Waals surface area contributed by atoms with E-state index in [0.717, 1.165) is 11.8 Å². The number of anilines is 2. The van der Waals surface area contributed by atoms with Gasteiger partial charge in [-0.3, -0.25) is 20.2 Å². The molecule has 1 aliphatic rings. The van der Waals surface area contributed by atoms with E-state index in [1.54, 1.807) is 25.1 Å². The number of nitro benzene ring substituents is 1. The number of hydrogen-bond donors (Lipinski definition) is 2. The minimum absolute atomic E-state index is 0.0380. The number of esters is 1. The first-order valence-electron chi connectivity index (χ1n) is 10.4. The first-order chi connectivity index (χ1) is 16.3. The van der Waals surface area contributed by atoms with E-state index >= 15 is 0 Å². The number of carbonyl (C=O) groups excluding carboxylic acids is 2. The number of amides is 1. The Morgan fingerprint density at radius 3 is 2.53 bits per heavy atom. The van der Waals surface area contributed by atoms with Crippen molar-refractivity contribution in [3.63, 3.8) is 0 Å². The smallest absolute Gasteiger partial charge is 0.337 e. The van der Waals surface area contributed by atoms with Gasteiger partial charge < -0.3 is 24.4 Å². The molecule has 34 heavy (non-hydrogen) atoms. The third kappa shape index (κ3) is 5.97. The molecule has 12 heteroatoms. The zero-order valence-corrected chi connectivity index (χ0v) is 19.5. The third-order valence-corrected chi connectivity index (χ3v) is 5.17. The van der Waals surface area contributed by atoms with Gasteiger partial charge in [-0.15, -0.1) is 0 Å². The van der Waals surface area contributed by atoms with Gasteiger partial charge in [0.25, 0.3) is 5.91 Å². The summed E-state index contributed by atoms with van der Waals surface area (Å²) in [5.41, 5.74) is 1.28. The number of benzene rings is 2. The van der Waals surface area contributed by atoms with Crippen molar-refractivity contribution in [2.24, 2.45) is 0 Å². The molecule has 1 amide bonds. The predicted octanol–water partition coefficient (Wildman–Crippen LogP) is 2.74. The number of hydrogen-bond acceptors (Lipinski definition) is 9. The maximum atomic E-state index is 12.7. The van der Waals surface area contributed by atoms with Crippen LogP contribution in [0.2, 0.25) is 0 Å². The first-order valence-corrected chi connectivity index (χ1v) is 10.8. The van der Waals surface area contributed by atoms with Crippen molar-refractivity contribution in [3.05, 3.63) is 57.6 Å². The van der Waals surface area contributed by atoms with Crippen LogP contribution in [-0.4, -0.2) is 61.9 Å². The molecule has 1 heterocycles. The number of thiocarbonyl (C=S) groups is 1. The summed E-state index contributed by atoms with van der Waals surface area (Å²) in [4.78, 5) is 37.5. The predicted molar refractivity (Wildman–Crippen MR) is 129 cm³/mol. The molecule has 2 aromatic carbocycles. The van der Waals surface area contributed by atoms with E-state index in [4.69, 9.17) is 26.4 Å². The summed E-state index contributed by atoms with van der Waals surface area (Å²) in [5, 5.41) is 16.8. The zero-order valence-electron chi connectivity index (χ0n) is 18.7. The van der Waals surface area contributed by atoms with E-state index < -0.39 is 16.8 Å². The van der Waals surface area contributed by atoms with Crippen molar-refractivity contribution in [2.75, 3.05) is 50.2 Å². The van der Waals surface area contributed by atoms with Crippen molar-refractivity contribution in [3.8, 4) is 5.75 Å². The third-order valence-electron chi connectivity index (χ3n) is 4.96. The maximum absolute atomic E-state index is 12.7. The van der Waals surface area contributed by atoms with Crippen LogP contribution >= 0.6 is 12.2 Å². The van der Waals surface area contributed by atoms with Gasteiger partial charge in [0.15, 0.2) is 10.9 Å². The monoisotopic (exact) mass is 488 g/mol. The van der Waals surface area contributed by atoms with E-state index in [9.17, 15) is 19.7 Å². The molecule has 0 unspecified atom stereocenters. The molecule has 0 bridgehead atoms. The summed E-state index contributed by atoms with van der Waals surface area (Å²) in [5.74, 6) is -1.09. The zero-order chi connectivity index (χ0) is 24.7. The molecule has 0 aromatic heterocycles. The van der Waals surface area contributed by atoms with Gasteiger partial charge in [-0.2, -0.15) is 0 Å². The average Bonchev–Trinajstić information content (AvgIpc) is 2.84. The van der Waals surface area contributed by atoms with Crippen molar-refractivity contribution >= 4 is 46.3 Å². The van der Waals surface area contributed by atoms with Crippen LogP contribution in [0.5, 0.6) is 5.75 Å². The molecule has 180 valence electrons. The van der Waals surface area contributed by atoms with Crippen molar-refractivity contribution < 1.29 is 28.7 Å². The topological polar surface area (TPSA) is 132 Å². The van der Waals surface area contributed by atoms with Crippen LogP contribution in [0.25, 0.3) is 0 Å². The second-order valence-electron chi connectivity index (χ2n) is 7.10. The lowest BCUT2D eigenvalue weighted by atomic mass is 10.1. The highest BCUT2D eigenvalue weighted by molar-refractivity contribution is 7.80. The highest BCUT2D eigenvalue weighted by Crippen LogP contribution is 2.29. The first kappa shape index (κ1) is 24.9. The van der Waals surface area contributed by atoms with Crippen LogP contribution in [0, 0.1) is 10.1 Å². The van der Waals surface area contributed by atoms with Gasteiger partial charge in [0, 0.05) is 24.7 Å². The quantitative estimate of drug-likeness (QED) is 0.259. The Labute approximate surface area is 201 Å². The summed E-state index contributed by atoms with van der Waals surface area (Å²) < 4.78 is 15.4. The minimum Gasteiger partial charge on any atom is -0.487 e. The molecule has 2 aromatic rings. The van der Waals surface area contributed by atoms with Crippen LogP contribution in [0.15, 0.2) is 36.4 Å². The van der Waals surface area contributed by atoms with Crippen LogP contribution in [0.1, 0.15) is 27.6 Å². The molecular formula is C22H24N4O7S. The molecule has 1 saturated heterocycles. The highest BCUT2D eigenvalue weighted by Gasteiger charge is 2.21. The SMILES string of the molecule is CCOc1ccc(C(=O)NC(=S)Nc2cc(C(=O)OC)ccc2N2CCOCC2)cc1[N+](=O)[O-]. The molecule has 0 spiro atoms. The fourth-order valence-corrected chi connectivity index (χ4v) is 3.57. The number of nitrogens with zero attached hydrogens (tertiary/aromatic N) is 2. The van der Waals surface area contributed by atoms with Gasteiger partial charge in [0.2, 0.25) is 0 Å². The number of rotatable bonds is 7. The van der Waals surface area contributed by atoms with Gasteiger partial charge in [-0.05, 0) is 49.5 Å². The van der Waals surface area contributed by atoms with E-state index in [0.29, 0.717) is 37.6 Å². The number of carbonyl (C=O) groups is 2. The Hall–Kier alpha value is -3.77. The standard InChI is InChI=1S/C22H24N4O7S/c1-3-33-19-7-5-14(13-18(19)26(29)30)20(27)24-22(34)23-16-12-15(21(28)31-2)4-6-17(16)25-8-10-32-11-9-25/h4-7,12-13H,3,8-11H2,1-2H3,(H2,23,24,27,34). The Morgan fingerprint density at radius 2 is 1.88 bits per heavy atom. The Bertz CT molecular complexity index is 1100. The number of morpholine rings is 1. The molecular weight excluding hydrogens is 464 g/mol. The number of nitro groups is 1. The van der Waals surface area contributed by atoms with Crippen LogP contribution in [0.4, 0.5) is 17.1 Å². The number of methoxy groups -OCH3 is 1. The highest BCUT2D eigenvalue weighted by atomic mass is 32.1. The molecule has 3 rings (SSSR count). The summed E-state index contributed by atoms with van der Waals surface area (Å²) >= 11 is 5.30. The lowest BCUT2D eigenvalue weighted by Crippen LogP contribution is -2.38. The molecule has 0 aliphatic carbocycles. The van der Waals surface area contributed by atoms with Crippen molar-refractivity contribution in [2.45, 2.75) is 6.92 Å². The summed E-state index contributed by atoms with van der Waals surface area (Å²) in [6.07, 6.45) is 0. The largest absolute Gasteiger partial charge is 0.487 e. The number of nitrogens with one attached hydrogen (secondary N) is 2. The minimum atomic E-state index is -0.638. The average molecular weight is 489 g/mol. The van der Waals surface area contributed by atoms with Crippen molar-refractivity contribution in [1.82, 2.24) is 5.32 Å². The fourth-order valence-electron chi connectivity index (χ4n) is 3.37. The molecule has 0 saturated carbocycles. The molecule has 1 aliphatic heterocycles. The van der Waals surface area contributed by atoms with Crippen molar-refractivity contribution in [1.29, 1.82) is 0 Å². The Kier molecular flexibility index (Phi) is 8.33. The molecule has 11 nitrogen and oxygen atoms in total. The van der Waals surface area contributed by atoms with E-state index in [2.05, 4.69) is 15.5 Å². The lowest BCUT2D eigenvalue weighted by Gasteiger charge is -2.31. The lowest BCUT2D eigenvalue weighted by molar-refractivity contribution is -0.385. The molecule has 2 N–H and O–H groups in total. The van der Waals surface area contributed by atoms with Gasteiger partial charge >= 0.3 is 11.7 Å². The molecule has 1 fully saturated rings. The molecule has 0 atom stereocenters. The summed E-state index contributed by atoms with van der Waals surface area (Å²) in [7, 11) is 1.28. The normalized spacial score (nSPS) is 13.1. The van der Waals surface area contributed by atoms with E-state index in [-0.39, 0.29) is 28.7 Å². The van der Waals surface area contributed by atoms with Gasteiger partial charge in [0.05, 0.1) is 48.8 Å².